The number of benzene rings is 1. The van der Waals surface area contributed by atoms with E-state index in [9.17, 15) is 13.6 Å². The van der Waals surface area contributed by atoms with E-state index in [-0.39, 0.29) is 5.56 Å². The lowest BCUT2D eigenvalue weighted by atomic mass is 9.96. The molecule has 1 fully saturated rings. The van der Waals surface area contributed by atoms with Gasteiger partial charge >= 0.3 is 5.97 Å². The third kappa shape index (κ3) is 1.70. The molecule has 0 N–H and O–H groups in total. The van der Waals surface area contributed by atoms with Crippen molar-refractivity contribution in [3.8, 4) is 0 Å². The molecule has 1 saturated heterocycles. The Morgan fingerprint density at radius 3 is 2.35 bits per heavy atom. The second-order valence-electron chi connectivity index (χ2n) is 3.88. The van der Waals surface area contributed by atoms with Crippen LogP contribution in [0, 0.1) is 11.6 Å². The van der Waals surface area contributed by atoms with Crippen LogP contribution in [0.4, 0.5) is 8.78 Å². The minimum Gasteiger partial charge on any atom is -0.466 e. The monoisotopic (exact) mass is 262 g/mol. The molecule has 1 aromatic carbocycles. The Kier molecular flexibility index (Phi) is 2.63. The topological polar surface area (TPSA) is 38.8 Å². The lowest BCUT2D eigenvalue weighted by Gasteiger charge is -2.09. The van der Waals surface area contributed by atoms with Gasteiger partial charge in [0, 0.05) is 6.07 Å². The number of esters is 1. The number of methoxy groups -OCH3 is 1. The quantitative estimate of drug-likeness (QED) is 0.466. The fourth-order valence-corrected chi connectivity index (χ4v) is 2.04. The Morgan fingerprint density at radius 2 is 1.88 bits per heavy atom. The highest BCUT2D eigenvalue weighted by Gasteiger charge is 2.73. The molecule has 1 heterocycles. The van der Waals surface area contributed by atoms with Gasteiger partial charge in [-0.2, -0.15) is 0 Å². The molecule has 0 amide bonds. The lowest BCUT2D eigenvalue weighted by molar-refractivity contribution is -0.143. The van der Waals surface area contributed by atoms with Crippen LogP contribution in [0.2, 0.25) is 0 Å². The normalized spacial score (nSPS) is 31.1. The number of alkyl halides is 1. The summed E-state index contributed by atoms with van der Waals surface area (Å²) in [6.07, 6.45) is 0. The van der Waals surface area contributed by atoms with E-state index in [4.69, 9.17) is 16.3 Å². The molecule has 0 spiro atoms. The Bertz CT molecular complexity index is 473. The average molecular weight is 263 g/mol. The SMILES string of the molecule is COC(=O)C1(Cl)OC1(C)c1cc(F)cc(F)c1. The molecule has 2 unspecified atom stereocenters. The molecule has 92 valence electrons. The summed E-state index contributed by atoms with van der Waals surface area (Å²) in [4.78, 5) is 11.4. The largest absolute Gasteiger partial charge is 0.466 e. The summed E-state index contributed by atoms with van der Waals surface area (Å²) in [6, 6.07) is 2.86. The van der Waals surface area contributed by atoms with Crippen molar-refractivity contribution in [2.24, 2.45) is 0 Å². The van der Waals surface area contributed by atoms with Gasteiger partial charge in [-0.1, -0.05) is 11.6 Å². The van der Waals surface area contributed by atoms with Crippen LogP contribution in [0.3, 0.4) is 0 Å². The number of ether oxygens (including phenoxy) is 2. The minimum atomic E-state index is -1.72. The molecule has 1 aliphatic heterocycles. The van der Waals surface area contributed by atoms with E-state index in [0.29, 0.717) is 0 Å². The zero-order valence-electron chi connectivity index (χ0n) is 9.09. The highest BCUT2D eigenvalue weighted by Crippen LogP contribution is 2.59. The van der Waals surface area contributed by atoms with Crippen molar-refractivity contribution in [3.05, 3.63) is 35.4 Å². The molecule has 0 aromatic heterocycles. The van der Waals surface area contributed by atoms with Crippen molar-refractivity contribution in [1.29, 1.82) is 0 Å². The molecule has 0 radical (unpaired) electrons. The summed E-state index contributed by atoms with van der Waals surface area (Å²) in [5, 5.41) is -1.72. The third-order valence-corrected chi connectivity index (χ3v) is 3.37. The molecule has 2 atom stereocenters. The summed E-state index contributed by atoms with van der Waals surface area (Å²) < 4.78 is 35.7. The average Bonchev–Trinajstić information content (AvgIpc) is 2.82. The second kappa shape index (κ2) is 3.65. The predicted molar refractivity (Wildman–Crippen MR) is 55.4 cm³/mol. The van der Waals surface area contributed by atoms with E-state index in [0.717, 1.165) is 25.3 Å². The van der Waals surface area contributed by atoms with Crippen LogP contribution in [-0.2, 0) is 19.9 Å². The third-order valence-electron chi connectivity index (χ3n) is 2.78. The van der Waals surface area contributed by atoms with Gasteiger partial charge in [0.1, 0.15) is 17.2 Å². The van der Waals surface area contributed by atoms with Crippen LogP contribution >= 0.6 is 11.6 Å². The number of carbonyl (C=O) groups is 1. The minimum absolute atomic E-state index is 0.149. The van der Waals surface area contributed by atoms with Gasteiger partial charge in [0.25, 0.3) is 5.06 Å². The Labute approximate surface area is 101 Å². The molecule has 0 saturated carbocycles. The number of halogens is 3. The molecule has 0 aliphatic carbocycles. The predicted octanol–water partition coefficient (Wildman–Crippen LogP) is 2.32. The summed E-state index contributed by atoms with van der Waals surface area (Å²) in [7, 11) is 1.15. The second-order valence-corrected chi connectivity index (χ2v) is 4.41. The zero-order valence-corrected chi connectivity index (χ0v) is 9.85. The van der Waals surface area contributed by atoms with E-state index < -0.39 is 28.3 Å². The van der Waals surface area contributed by atoms with E-state index in [2.05, 4.69) is 4.74 Å². The first kappa shape index (κ1) is 12.3. The smallest absolute Gasteiger partial charge is 0.357 e. The van der Waals surface area contributed by atoms with E-state index >= 15 is 0 Å². The summed E-state index contributed by atoms with van der Waals surface area (Å²) in [5.74, 6) is -2.33. The molecule has 0 bridgehead atoms. The number of epoxide rings is 1. The maximum Gasteiger partial charge on any atom is 0.357 e. The summed E-state index contributed by atoms with van der Waals surface area (Å²) in [6.45, 7) is 1.46. The van der Waals surface area contributed by atoms with Crippen LogP contribution < -0.4 is 0 Å². The van der Waals surface area contributed by atoms with Gasteiger partial charge in [-0.05, 0) is 24.6 Å². The van der Waals surface area contributed by atoms with Gasteiger partial charge in [0.15, 0.2) is 0 Å². The van der Waals surface area contributed by atoms with Crippen LogP contribution in [0.5, 0.6) is 0 Å². The van der Waals surface area contributed by atoms with E-state index in [1.165, 1.54) is 6.92 Å². The van der Waals surface area contributed by atoms with Crippen molar-refractivity contribution in [3.63, 3.8) is 0 Å². The summed E-state index contributed by atoms with van der Waals surface area (Å²) in [5.41, 5.74) is -1.14. The Morgan fingerprint density at radius 1 is 1.35 bits per heavy atom. The van der Waals surface area contributed by atoms with Gasteiger partial charge in [-0.25, -0.2) is 13.6 Å². The van der Waals surface area contributed by atoms with Gasteiger partial charge < -0.3 is 9.47 Å². The molecule has 6 heteroatoms. The molecule has 3 nitrogen and oxygen atoms in total. The van der Waals surface area contributed by atoms with Gasteiger partial charge in [-0.15, -0.1) is 0 Å². The van der Waals surface area contributed by atoms with E-state index in [1.807, 2.05) is 0 Å². The lowest BCUT2D eigenvalue weighted by Crippen LogP contribution is -2.27. The molecule has 2 rings (SSSR count). The van der Waals surface area contributed by atoms with Gasteiger partial charge in [0.2, 0.25) is 0 Å². The van der Waals surface area contributed by atoms with Crippen LogP contribution in [0.1, 0.15) is 12.5 Å². The molecule has 17 heavy (non-hydrogen) atoms. The van der Waals surface area contributed by atoms with Crippen LogP contribution in [-0.4, -0.2) is 18.1 Å². The number of hydrogen-bond acceptors (Lipinski definition) is 3. The Balaban J connectivity index is 2.39. The first-order chi connectivity index (χ1) is 7.83. The molecule has 1 aliphatic rings. The van der Waals surface area contributed by atoms with E-state index in [1.54, 1.807) is 0 Å². The van der Waals surface area contributed by atoms with Crippen molar-refractivity contribution in [2.45, 2.75) is 17.6 Å². The Hall–Kier alpha value is -1.20. The van der Waals surface area contributed by atoms with Crippen molar-refractivity contribution >= 4 is 17.6 Å². The number of rotatable bonds is 2. The van der Waals surface area contributed by atoms with Crippen molar-refractivity contribution in [2.75, 3.05) is 7.11 Å². The number of hydrogen-bond donors (Lipinski definition) is 0. The molecular weight excluding hydrogens is 254 g/mol. The maximum absolute atomic E-state index is 13.1. The van der Waals surface area contributed by atoms with Crippen LogP contribution in [0.25, 0.3) is 0 Å². The molecular formula is C11H9ClF2O3. The molecule has 1 aromatic rings. The first-order valence-corrected chi connectivity index (χ1v) is 5.15. The summed E-state index contributed by atoms with van der Waals surface area (Å²) >= 11 is 5.90. The first-order valence-electron chi connectivity index (χ1n) is 4.77. The number of carbonyl (C=O) groups excluding carboxylic acids is 1. The highest BCUT2D eigenvalue weighted by molar-refractivity contribution is 6.35. The van der Waals surface area contributed by atoms with Crippen molar-refractivity contribution in [1.82, 2.24) is 0 Å². The fraction of sp³-hybridized carbons (Fsp3) is 0.364. The highest BCUT2D eigenvalue weighted by atomic mass is 35.5. The zero-order chi connectivity index (χ0) is 12.8. The van der Waals surface area contributed by atoms with Crippen LogP contribution in [0.15, 0.2) is 18.2 Å². The van der Waals surface area contributed by atoms with Crippen molar-refractivity contribution < 1.29 is 23.0 Å². The maximum atomic E-state index is 13.1. The fourth-order valence-electron chi connectivity index (χ4n) is 1.70. The van der Waals surface area contributed by atoms with Gasteiger partial charge in [0.05, 0.1) is 7.11 Å². The standard InChI is InChI=1S/C11H9ClF2O3/c1-10(11(12,17-10)9(15)16-2)6-3-7(13)5-8(14)4-6/h3-5H,1-2H3. The van der Waals surface area contributed by atoms with Gasteiger partial charge in [-0.3, -0.25) is 0 Å².